The largest absolute Gasteiger partial charge is 0.322 e. The molecular weight excluding hydrogens is 274 g/mol. The number of piperazine rings is 1. The van der Waals surface area contributed by atoms with Gasteiger partial charge in [0.2, 0.25) is 0 Å². The number of benzene rings is 2. The van der Waals surface area contributed by atoms with Crippen molar-refractivity contribution in [2.24, 2.45) is 0 Å². The van der Waals surface area contributed by atoms with Crippen LogP contribution < -0.4 is 5.32 Å². The van der Waals surface area contributed by atoms with Crippen LogP contribution in [0.25, 0.3) is 10.8 Å². The van der Waals surface area contributed by atoms with Gasteiger partial charge in [0, 0.05) is 31.6 Å². The van der Waals surface area contributed by atoms with Crippen LogP contribution in [0.1, 0.15) is 13.3 Å². The summed E-state index contributed by atoms with van der Waals surface area (Å²) < 4.78 is 0. The molecule has 1 saturated heterocycles. The number of nitrogens with one attached hydrogen (secondary N) is 1. The third kappa shape index (κ3) is 3.22. The number of carbonyl (C=O) groups is 1. The molecule has 0 aromatic heterocycles. The van der Waals surface area contributed by atoms with E-state index in [1.165, 1.54) is 6.42 Å². The number of rotatable bonds is 3. The van der Waals surface area contributed by atoms with Gasteiger partial charge in [0.05, 0.1) is 5.69 Å². The molecule has 0 aliphatic carbocycles. The Morgan fingerprint density at radius 2 is 1.77 bits per heavy atom. The molecule has 1 fully saturated rings. The summed E-state index contributed by atoms with van der Waals surface area (Å²) in [6.45, 7) is 6.86. The number of fused-ring (bicyclic) bond motifs is 1. The van der Waals surface area contributed by atoms with E-state index in [2.05, 4.69) is 29.3 Å². The van der Waals surface area contributed by atoms with Crippen molar-refractivity contribution in [3.8, 4) is 0 Å². The molecule has 0 unspecified atom stereocenters. The van der Waals surface area contributed by atoms with Crippen LogP contribution in [0.2, 0.25) is 0 Å². The fourth-order valence-corrected chi connectivity index (χ4v) is 3.02. The van der Waals surface area contributed by atoms with Crippen molar-refractivity contribution in [2.45, 2.75) is 13.3 Å². The molecule has 2 aromatic rings. The lowest BCUT2D eigenvalue weighted by Gasteiger charge is -2.34. The fourth-order valence-electron chi connectivity index (χ4n) is 3.02. The van der Waals surface area contributed by atoms with Gasteiger partial charge in [-0.15, -0.1) is 0 Å². The van der Waals surface area contributed by atoms with Crippen molar-refractivity contribution in [1.29, 1.82) is 0 Å². The van der Waals surface area contributed by atoms with Crippen LogP contribution in [0.5, 0.6) is 0 Å². The Labute approximate surface area is 131 Å². The van der Waals surface area contributed by atoms with Crippen molar-refractivity contribution >= 4 is 22.5 Å². The topological polar surface area (TPSA) is 35.6 Å². The Morgan fingerprint density at radius 3 is 2.55 bits per heavy atom. The lowest BCUT2D eigenvalue weighted by Crippen LogP contribution is -2.50. The van der Waals surface area contributed by atoms with Crippen LogP contribution in [0.3, 0.4) is 0 Å². The Morgan fingerprint density at radius 1 is 1.05 bits per heavy atom. The molecule has 0 radical (unpaired) electrons. The van der Waals surface area contributed by atoms with E-state index in [-0.39, 0.29) is 6.03 Å². The highest BCUT2D eigenvalue weighted by Crippen LogP contribution is 2.23. The minimum Gasteiger partial charge on any atom is -0.322 e. The van der Waals surface area contributed by atoms with Crippen LogP contribution in [-0.4, -0.2) is 48.6 Å². The first-order valence-electron chi connectivity index (χ1n) is 8.04. The van der Waals surface area contributed by atoms with Gasteiger partial charge in [0.25, 0.3) is 0 Å². The van der Waals surface area contributed by atoms with Crippen LogP contribution in [0.15, 0.2) is 42.5 Å². The molecule has 1 N–H and O–H groups in total. The van der Waals surface area contributed by atoms with Crippen molar-refractivity contribution in [1.82, 2.24) is 9.80 Å². The predicted octanol–water partition coefficient (Wildman–Crippen LogP) is 3.40. The average molecular weight is 297 g/mol. The van der Waals surface area contributed by atoms with Gasteiger partial charge in [-0.05, 0) is 24.4 Å². The zero-order valence-corrected chi connectivity index (χ0v) is 13.1. The summed E-state index contributed by atoms with van der Waals surface area (Å²) in [4.78, 5) is 16.8. The van der Waals surface area contributed by atoms with E-state index >= 15 is 0 Å². The molecule has 0 atom stereocenters. The summed E-state index contributed by atoms with van der Waals surface area (Å²) in [5.41, 5.74) is 0.888. The van der Waals surface area contributed by atoms with Crippen molar-refractivity contribution in [2.75, 3.05) is 38.0 Å². The fraction of sp³-hybridized carbons (Fsp3) is 0.389. The smallest absolute Gasteiger partial charge is 0.321 e. The molecule has 1 aliphatic rings. The van der Waals surface area contributed by atoms with Crippen molar-refractivity contribution in [3.63, 3.8) is 0 Å². The predicted molar refractivity (Wildman–Crippen MR) is 91.3 cm³/mol. The summed E-state index contributed by atoms with van der Waals surface area (Å²) in [5, 5.41) is 5.30. The monoisotopic (exact) mass is 297 g/mol. The number of nitrogens with zero attached hydrogens (tertiary/aromatic N) is 2. The highest BCUT2D eigenvalue weighted by Gasteiger charge is 2.20. The van der Waals surface area contributed by atoms with E-state index in [0.717, 1.165) is 49.2 Å². The molecular formula is C18H23N3O. The van der Waals surface area contributed by atoms with Crippen LogP contribution >= 0.6 is 0 Å². The van der Waals surface area contributed by atoms with Crippen LogP contribution in [-0.2, 0) is 0 Å². The highest BCUT2D eigenvalue weighted by molar-refractivity contribution is 6.01. The third-order valence-corrected chi connectivity index (χ3v) is 4.23. The summed E-state index contributed by atoms with van der Waals surface area (Å²) in [6, 6.07) is 14.1. The zero-order chi connectivity index (χ0) is 15.4. The van der Waals surface area contributed by atoms with Gasteiger partial charge in [-0.2, -0.15) is 0 Å². The molecule has 4 nitrogen and oxygen atoms in total. The number of carbonyl (C=O) groups excluding carboxylic acids is 1. The van der Waals surface area contributed by atoms with E-state index in [9.17, 15) is 4.79 Å². The van der Waals surface area contributed by atoms with E-state index in [0.29, 0.717) is 0 Å². The maximum absolute atomic E-state index is 12.5. The van der Waals surface area contributed by atoms with E-state index in [1.54, 1.807) is 0 Å². The molecule has 4 heteroatoms. The standard InChI is InChI=1S/C18H23N3O/c1-2-10-20-11-13-21(14-12-20)18(22)19-17-9-5-7-15-6-3-4-8-16(15)17/h3-9H,2,10-14H2,1H3,(H,19,22). The summed E-state index contributed by atoms with van der Waals surface area (Å²) in [5.74, 6) is 0. The van der Waals surface area contributed by atoms with Gasteiger partial charge in [0.1, 0.15) is 0 Å². The lowest BCUT2D eigenvalue weighted by atomic mass is 10.1. The highest BCUT2D eigenvalue weighted by atomic mass is 16.2. The minimum absolute atomic E-state index is 0.00695. The van der Waals surface area contributed by atoms with Gasteiger partial charge >= 0.3 is 6.03 Å². The molecule has 2 aromatic carbocycles. The first-order chi connectivity index (χ1) is 10.8. The second-order valence-electron chi connectivity index (χ2n) is 5.79. The van der Waals surface area contributed by atoms with E-state index in [4.69, 9.17) is 0 Å². The average Bonchev–Trinajstić information content (AvgIpc) is 2.56. The minimum atomic E-state index is 0.00695. The maximum Gasteiger partial charge on any atom is 0.321 e. The third-order valence-electron chi connectivity index (χ3n) is 4.23. The molecule has 3 rings (SSSR count). The van der Waals surface area contributed by atoms with Gasteiger partial charge in [-0.25, -0.2) is 4.79 Å². The van der Waals surface area contributed by atoms with E-state index < -0.39 is 0 Å². The number of hydrogen-bond acceptors (Lipinski definition) is 2. The van der Waals surface area contributed by atoms with Gasteiger partial charge < -0.3 is 10.2 Å². The normalized spacial score (nSPS) is 16.0. The molecule has 22 heavy (non-hydrogen) atoms. The number of amides is 2. The maximum atomic E-state index is 12.5. The molecule has 1 heterocycles. The Balaban J connectivity index is 1.67. The van der Waals surface area contributed by atoms with Gasteiger partial charge in [0.15, 0.2) is 0 Å². The Bertz CT molecular complexity index is 642. The molecule has 0 spiro atoms. The summed E-state index contributed by atoms with van der Waals surface area (Å²) in [7, 11) is 0. The second-order valence-corrected chi connectivity index (χ2v) is 5.79. The molecule has 116 valence electrons. The molecule has 2 amide bonds. The molecule has 0 bridgehead atoms. The summed E-state index contributed by atoms with van der Waals surface area (Å²) in [6.07, 6.45) is 1.17. The van der Waals surface area contributed by atoms with Crippen molar-refractivity contribution in [3.05, 3.63) is 42.5 Å². The van der Waals surface area contributed by atoms with Crippen LogP contribution in [0, 0.1) is 0 Å². The Hall–Kier alpha value is -2.07. The van der Waals surface area contributed by atoms with Gasteiger partial charge in [-0.1, -0.05) is 43.3 Å². The quantitative estimate of drug-likeness (QED) is 0.942. The molecule has 0 saturated carbocycles. The first-order valence-corrected chi connectivity index (χ1v) is 8.04. The number of hydrogen-bond donors (Lipinski definition) is 1. The van der Waals surface area contributed by atoms with Crippen molar-refractivity contribution < 1.29 is 4.79 Å². The van der Waals surface area contributed by atoms with Gasteiger partial charge in [-0.3, -0.25) is 4.90 Å². The zero-order valence-electron chi connectivity index (χ0n) is 13.1. The summed E-state index contributed by atoms with van der Waals surface area (Å²) >= 11 is 0. The second kappa shape index (κ2) is 6.79. The van der Waals surface area contributed by atoms with Crippen LogP contribution in [0.4, 0.5) is 10.5 Å². The first kappa shape index (κ1) is 14.9. The Kier molecular flexibility index (Phi) is 4.59. The SMILES string of the molecule is CCCN1CCN(C(=O)Nc2cccc3ccccc23)CC1. The molecule has 1 aliphatic heterocycles. The lowest BCUT2D eigenvalue weighted by molar-refractivity contribution is 0.147. The van der Waals surface area contributed by atoms with E-state index in [1.807, 2.05) is 35.2 Å². The number of urea groups is 1. The number of anilines is 1.